The molecule has 3 amide bonds. The Hall–Kier alpha value is -2.58. The number of urea groups is 1. The van der Waals surface area contributed by atoms with Gasteiger partial charge in [-0.1, -0.05) is 40.2 Å². The Bertz CT molecular complexity index is 921. The number of ether oxygens (including phenoxy) is 2. The number of halogens is 1. The maximum Gasteiger partial charge on any atom is 0.325 e. The van der Waals surface area contributed by atoms with Gasteiger partial charge in [-0.25, -0.2) is 4.79 Å². The van der Waals surface area contributed by atoms with E-state index in [1.165, 1.54) is 0 Å². The zero-order valence-corrected chi connectivity index (χ0v) is 16.5. The quantitative estimate of drug-likeness (QED) is 0.688. The van der Waals surface area contributed by atoms with Gasteiger partial charge in [0.1, 0.15) is 24.2 Å². The van der Waals surface area contributed by atoms with Gasteiger partial charge in [0.15, 0.2) is 5.54 Å². The van der Waals surface area contributed by atoms with E-state index in [0.717, 1.165) is 9.37 Å². The summed E-state index contributed by atoms with van der Waals surface area (Å²) in [6.45, 7) is 0.134. The number of amides is 3. The molecule has 0 bridgehead atoms. The average Bonchev–Trinajstić information content (AvgIpc) is 2.92. The molecule has 1 saturated heterocycles. The number of hydrogen-bond donors (Lipinski definition) is 2. The highest BCUT2D eigenvalue weighted by Gasteiger charge is 2.55. The van der Waals surface area contributed by atoms with Crippen LogP contribution in [0.5, 0.6) is 11.5 Å². The lowest BCUT2D eigenvalue weighted by Gasteiger charge is -2.33. The van der Waals surface area contributed by atoms with Crippen molar-refractivity contribution >= 4 is 27.9 Å². The van der Waals surface area contributed by atoms with Crippen molar-refractivity contribution in [2.75, 3.05) is 19.8 Å². The number of carbonyl (C=O) groups is 2. The summed E-state index contributed by atoms with van der Waals surface area (Å²) in [7, 11) is 0. The number of para-hydroxylation sites is 1. The predicted octanol–water partition coefficient (Wildman–Crippen LogP) is 2.42. The molecular weight excluding hydrogens is 428 g/mol. The Labute approximate surface area is 170 Å². The molecule has 2 aromatic rings. The first-order chi connectivity index (χ1) is 13.5. The van der Waals surface area contributed by atoms with Crippen molar-refractivity contribution in [3.05, 3.63) is 58.6 Å². The molecule has 1 fully saturated rings. The Morgan fingerprint density at radius 1 is 1.25 bits per heavy atom. The van der Waals surface area contributed by atoms with Crippen molar-refractivity contribution in [2.24, 2.45) is 0 Å². The topological polar surface area (TPSA) is 88.1 Å². The second-order valence-corrected chi connectivity index (χ2v) is 7.68. The number of nitrogens with one attached hydrogen (secondary N) is 1. The standard InChI is InChI=1S/C20H19BrN2O5/c21-13-4-3-5-15(10-13)28-12-14(24)11-23-18(25)20(22-19(23)26)8-9-27-17-7-2-1-6-16(17)20/h1-7,10,14,24H,8-9,11-12H2,(H,22,26)/t14-,20+/m0/s1. The van der Waals surface area contributed by atoms with E-state index in [0.29, 0.717) is 30.1 Å². The monoisotopic (exact) mass is 446 g/mol. The maximum absolute atomic E-state index is 13.1. The molecule has 0 unspecified atom stereocenters. The van der Waals surface area contributed by atoms with E-state index in [1.807, 2.05) is 18.2 Å². The highest BCUT2D eigenvalue weighted by Crippen LogP contribution is 2.40. The van der Waals surface area contributed by atoms with Crippen molar-refractivity contribution in [2.45, 2.75) is 18.1 Å². The van der Waals surface area contributed by atoms with E-state index in [1.54, 1.807) is 30.3 Å². The molecule has 28 heavy (non-hydrogen) atoms. The largest absolute Gasteiger partial charge is 0.493 e. The third-order valence-electron chi connectivity index (χ3n) is 4.89. The molecular formula is C20H19BrN2O5. The van der Waals surface area contributed by atoms with E-state index in [2.05, 4.69) is 21.2 Å². The summed E-state index contributed by atoms with van der Waals surface area (Å²) in [6.07, 6.45) is -0.672. The third-order valence-corrected chi connectivity index (χ3v) is 5.38. The summed E-state index contributed by atoms with van der Waals surface area (Å²) in [6, 6.07) is 13.9. The first kappa shape index (κ1) is 18.8. The molecule has 1 spiro atoms. The van der Waals surface area contributed by atoms with Gasteiger partial charge in [-0.2, -0.15) is 0 Å². The van der Waals surface area contributed by atoms with Crippen LogP contribution in [0, 0.1) is 0 Å². The molecule has 0 aliphatic carbocycles. The molecule has 8 heteroatoms. The number of imide groups is 1. The number of benzene rings is 2. The van der Waals surface area contributed by atoms with Crippen molar-refractivity contribution in [3.63, 3.8) is 0 Å². The van der Waals surface area contributed by atoms with Crippen LogP contribution in [-0.4, -0.2) is 47.8 Å². The Balaban J connectivity index is 1.46. The van der Waals surface area contributed by atoms with Crippen LogP contribution in [0.4, 0.5) is 4.79 Å². The average molecular weight is 447 g/mol. The molecule has 2 aromatic carbocycles. The molecule has 2 aliphatic heterocycles. The van der Waals surface area contributed by atoms with Crippen molar-refractivity contribution in [1.29, 1.82) is 0 Å². The SMILES string of the molecule is O=C1N[C@@]2(CCOc3ccccc32)C(=O)N1C[C@H](O)COc1cccc(Br)c1. The number of hydrogen-bond acceptors (Lipinski definition) is 5. The van der Waals surface area contributed by atoms with E-state index in [9.17, 15) is 14.7 Å². The van der Waals surface area contributed by atoms with Crippen LogP contribution in [0.3, 0.4) is 0 Å². The van der Waals surface area contributed by atoms with Crippen LogP contribution in [-0.2, 0) is 10.3 Å². The number of rotatable bonds is 5. The van der Waals surface area contributed by atoms with Gasteiger partial charge < -0.3 is 19.9 Å². The van der Waals surface area contributed by atoms with Gasteiger partial charge in [-0.15, -0.1) is 0 Å². The summed E-state index contributed by atoms with van der Waals surface area (Å²) in [4.78, 5) is 26.7. The Morgan fingerprint density at radius 3 is 2.89 bits per heavy atom. The van der Waals surface area contributed by atoms with Gasteiger partial charge in [0.05, 0.1) is 13.2 Å². The summed E-state index contributed by atoms with van der Waals surface area (Å²) in [5, 5.41) is 13.1. The van der Waals surface area contributed by atoms with E-state index in [4.69, 9.17) is 9.47 Å². The second kappa shape index (κ2) is 7.44. The zero-order valence-electron chi connectivity index (χ0n) is 14.9. The molecule has 2 aliphatic rings. The molecule has 7 nitrogen and oxygen atoms in total. The fourth-order valence-corrected chi connectivity index (χ4v) is 3.93. The summed E-state index contributed by atoms with van der Waals surface area (Å²) in [5.41, 5.74) is -0.501. The Morgan fingerprint density at radius 2 is 2.07 bits per heavy atom. The first-order valence-corrected chi connectivity index (χ1v) is 9.72. The molecule has 4 rings (SSSR count). The van der Waals surface area contributed by atoms with E-state index >= 15 is 0 Å². The lowest BCUT2D eigenvalue weighted by Crippen LogP contribution is -2.48. The number of aliphatic hydroxyl groups excluding tert-OH is 1. The maximum atomic E-state index is 13.1. The van der Waals surface area contributed by atoms with Crippen molar-refractivity contribution in [3.8, 4) is 11.5 Å². The highest BCUT2D eigenvalue weighted by atomic mass is 79.9. The van der Waals surface area contributed by atoms with Gasteiger partial charge in [0, 0.05) is 16.5 Å². The van der Waals surface area contributed by atoms with Crippen LogP contribution < -0.4 is 14.8 Å². The van der Waals surface area contributed by atoms with Gasteiger partial charge >= 0.3 is 6.03 Å². The van der Waals surface area contributed by atoms with Crippen LogP contribution in [0.15, 0.2) is 53.0 Å². The van der Waals surface area contributed by atoms with Crippen LogP contribution in [0.25, 0.3) is 0 Å². The fraction of sp³-hybridized carbons (Fsp3) is 0.300. The third kappa shape index (κ3) is 3.33. The minimum Gasteiger partial charge on any atom is -0.493 e. The van der Waals surface area contributed by atoms with Gasteiger partial charge in [0.2, 0.25) is 0 Å². The normalized spacial score (nSPS) is 21.9. The van der Waals surface area contributed by atoms with Crippen molar-refractivity contribution in [1.82, 2.24) is 10.2 Å². The number of fused-ring (bicyclic) bond motifs is 2. The second-order valence-electron chi connectivity index (χ2n) is 6.77. The lowest BCUT2D eigenvalue weighted by molar-refractivity contribution is -0.133. The van der Waals surface area contributed by atoms with Crippen LogP contribution in [0.1, 0.15) is 12.0 Å². The summed E-state index contributed by atoms with van der Waals surface area (Å²) >= 11 is 3.35. The highest BCUT2D eigenvalue weighted by molar-refractivity contribution is 9.10. The Kier molecular flexibility index (Phi) is 4.99. The summed E-state index contributed by atoms with van der Waals surface area (Å²) < 4.78 is 12.0. The molecule has 146 valence electrons. The molecule has 0 radical (unpaired) electrons. The molecule has 2 heterocycles. The first-order valence-electron chi connectivity index (χ1n) is 8.92. The predicted molar refractivity (Wildman–Crippen MR) is 104 cm³/mol. The minimum absolute atomic E-state index is 0.0415. The zero-order chi connectivity index (χ0) is 19.7. The fourth-order valence-electron chi connectivity index (χ4n) is 3.55. The molecule has 0 aromatic heterocycles. The number of β-amino-alcohol motifs (C(OH)–C–C–N with tert-alkyl or cyclic N) is 1. The molecule has 0 saturated carbocycles. The van der Waals surface area contributed by atoms with Gasteiger partial charge in [-0.05, 0) is 24.3 Å². The molecule has 2 atom stereocenters. The number of carbonyl (C=O) groups excluding carboxylic acids is 2. The number of aliphatic hydroxyl groups is 1. The van der Waals surface area contributed by atoms with Crippen molar-refractivity contribution < 1.29 is 24.2 Å². The summed E-state index contributed by atoms with van der Waals surface area (Å²) in [5.74, 6) is 0.790. The number of nitrogens with zero attached hydrogens (tertiary/aromatic N) is 1. The smallest absolute Gasteiger partial charge is 0.325 e. The lowest BCUT2D eigenvalue weighted by atomic mass is 9.84. The minimum atomic E-state index is -1.14. The van der Waals surface area contributed by atoms with E-state index < -0.39 is 17.7 Å². The van der Waals surface area contributed by atoms with Gasteiger partial charge in [0.25, 0.3) is 5.91 Å². The van der Waals surface area contributed by atoms with E-state index in [-0.39, 0.29) is 19.1 Å². The van der Waals surface area contributed by atoms with Crippen LogP contribution >= 0.6 is 15.9 Å². The molecule has 2 N–H and O–H groups in total. The van der Waals surface area contributed by atoms with Crippen LogP contribution in [0.2, 0.25) is 0 Å². The van der Waals surface area contributed by atoms with Gasteiger partial charge in [-0.3, -0.25) is 9.69 Å².